The summed E-state index contributed by atoms with van der Waals surface area (Å²) in [7, 11) is 0. The quantitative estimate of drug-likeness (QED) is 0.880. The maximum Gasteiger partial charge on any atom is 0.137 e. The van der Waals surface area contributed by atoms with E-state index in [-0.39, 0.29) is 24.1 Å². The smallest absolute Gasteiger partial charge is 0.137 e. The first kappa shape index (κ1) is 18.2. The van der Waals surface area contributed by atoms with Crippen LogP contribution >= 0.6 is 0 Å². The second-order valence-corrected chi connectivity index (χ2v) is 7.04. The second-order valence-electron chi connectivity index (χ2n) is 7.04. The maximum absolute atomic E-state index is 11.8. The average molecular weight is 367 g/mol. The zero-order chi connectivity index (χ0) is 18.5. The lowest BCUT2D eigenvalue weighted by Gasteiger charge is -2.37. The molecule has 142 valence electrons. The van der Waals surface area contributed by atoms with Crippen LogP contribution in [0.5, 0.6) is 5.75 Å². The van der Waals surface area contributed by atoms with Crippen LogP contribution in [0.4, 0.5) is 0 Å². The Labute approximate surface area is 159 Å². The molecule has 2 aliphatic rings. The molecule has 1 N–H and O–H groups in total. The number of para-hydroxylation sites is 1. The van der Waals surface area contributed by atoms with Crippen molar-refractivity contribution in [2.24, 2.45) is 0 Å². The number of ether oxygens (including phenoxy) is 3. The standard InChI is InChI=1S/C22H25NO4/c24-17-10-11-25-20(12-17)22-14-23-13-21(27-22)18-8-4-5-9-19(18)26-15-16-6-2-1-3-7-16/h1-9,20-23H,10-15H2. The molecule has 2 saturated heterocycles. The number of hydrogen-bond acceptors (Lipinski definition) is 5. The van der Waals surface area contributed by atoms with Crippen LogP contribution in [-0.4, -0.2) is 37.7 Å². The van der Waals surface area contributed by atoms with Crippen molar-refractivity contribution in [1.82, 2.24) is 5.32 Å². The van der Waals surface area contributed by atoms with Crippen molar-refractivity contribution in [2.45, 2.75) is 37.8 Å². The van der Waals surface area contributed by atoms with Crippen LogP contribution in [0.15, 0.2) is 54.6 Å². The molecule has 2 fully saturated rings. The van der Waals surface area contributed by atoms with E-state index in [0.29, 0.717) is 39.1 Å². The molecule has 5 heteroatoms. The Morgan fingerprint density at radius 3 is 2.67 bits per heavy atom. The summed E-state index contributed by atoms with van der Waals surface area (Å²) < 4.78 is 18.2. The van der Waals surface area contributed by atoms with Crippen LogP contribution in [0.3, 0.4) is 0 Å². The third kappa shape index (κ3) is 4.56. The van der Waals surface area contributed by atoms with Crippen LogP contribution in [0.1, 0.15) is 30.1 Å². The summed E-state index contributed by atoms with van der Waals surface area (Å²) >= 11 is 0. The Bertz CT molecular complexity index is 764. The third-order valence-corrected chi connectivity index (χ3v) is 5.07. The lowest BCUT2D eigenvalue weighted by Crippen LogP contribution is -2.49. The van der Waals surface area contributed by atoms with Crippen molar-refractivity contribution in [3.05, 3.63) is 65.7 Å². The average Bonchev–Trinajstić information content (AvgIpc) is 2.73. The number of rotatable bonds is 5. The van der Waals surface area contributed by atoms with Gasteiger partial charge in [-0.3, -0.25) is 4.79 Å². The molecule has 3 unspecified atom stereocenters. The van der Waals surface area contributed by atoms with E-state index in [9.17, 15) is 4.79 Å². The SMILES string of the molecule is O=C1CCOC(C2CNCC(c3ccccc3OCc3ccccc3)O2)C1. The van der Waals surface area contributed by atoms with E-state index in [2.05, 4.69) is 17.4 Å². The Morgan fingerprint density at radius 2 is 1.81 bits per heavy atom. The van der Waals surface area contributed by atoms with Gasteiger partial charge < -0.3 is 19.5 Å². The largest absolute Gasteiger partial charge is 0.489 e. The van der Waals surface area contributed by atoms with E-state index in [1.165, 1.54) is 0 Å². The number of Topliss-reactive ketones (excluding diaryl/α,β-unsaturated/α-hetero) is 1. The minimum Gasteiger partial charge on any atom is -0.489 e. The fourth-order valence-corrected chi connectivity index (χ4v) is 3.63. The van der Waals surface area contributed by atoms with Crippen molar-refractivity contribution in [2.75, 3.05) is 19.7 Å². The van der Waals surface area contributed by atoms with Gasteiger partial charge in [0.05, 0.1) is 24.9 Å². The molecule has 2 heterocycles. The summed E-state index contributed by atoms with van der Waals surface area (Å²) in [6.07, 6.45) is 0.520. The number of carbonyl (C=O) groups is 1. The van der Waals surface area contributed by atoms with Crippen molar-refractivity contribution in [3.63, 3.8) is 0 Å². The molecule has 27 heavy (non-hydrogen) atoms. The van der Waals surface area contributed by atoms with Crippen molar-refractivity contribution >= 4 is 5.78 Å². The second kappa shape index (κ2) is 8.65. The van der Waals surface area contributed by atoms with Gasteiger partial charge in [-0.1, -0.05) is 48.5 Å². The molecule has 0 bridgehead atoms. The zero-order valence-electron chi connectivity index (χ0n) is 15.3. The van der Waals surface area contributed by atoms with E-state index in [1.807, 2.05) is 42.5 Å². The molecule has 0 amide bonds. The van der Waals surface area contributed by atoms with Crippen LogP contribution in [0, 0.1) is 0 Å². The predicted molar refractivity (Wildman–Crippen MR) is 102 cm³/mol. The monoisotopic (exact) mass is 367 g/mol. The molecule has 3 atom stereocenters. The highest BCUT2D eigenvalue weighted by molar-refractivity contribution is 5.79. The van der Waals surface area contributed by atoms with Gasteiger partial charge in [0.25, 0.3) is 0 Å². The number of ketones is 1. The summed E-state index contributed by atoms with van der Waals surface area (Å²) in [5.74, 6) is 1.08. The Hall–Kier alpha value is -2.21. The number of hydrogen-bond donors (Lipinski definition) is 1. The number of morpholine rings is 1. The third-order valence-electron chi connectivity index (χ3n) is 5.07. The topological polar surface area (TPSA) is 56.8 Å². The van der Waals surface area contributed by atoms with Gasteiger partial charge in [-0.25, -0.2) is 0 Å². The molecular weight excluding hydrogens is 342 g/mol. The van der Waals surface area contributed by atoms with Gasteiger partial charge in [-0.2, -0.15) is 0 Å². The van der Waals surface area contributed by atoms with E-state index in [0.717, 1.165) is 16.9 Å². The summed E-state index contributed by atoms with van der Waals surface area (Å²) in [5.41, 5.74) is 2.15. The lowest BCUT2D eigenvalue weighted by atomic mass is 10.00. The molecule has 0 saturated carbocycles. The van der Waals surface area contributed by atoms with E-state index in [1.54, 1.807) is 0 Å². The van der Waals surface area contributed by atoms with E-state index < -0.39 is 0 Å². The number of nitrogens with one attached hydrogen (secondary N) is 1. The first-order valence-corrected chi connectivity index (χ1v) is 9.55. The van der Waals surface area contributed by atoms with Gasteiger partial charge in [0.15, 0.2) is 0 Å². The van der Waals surface area contributed by atoms with E-state index >= 15 is 0 Å². The summed E-state index contributed by atoms with van der Waals surface area (Å²) in [5, 5.41) is 3.42. The summed E-state index contributed by atoms with van der Waals surface area (Å²) in [4.78, 5) is 11.8. The number of benzene rings is 2. The van der Waals surface area contributed by atoms with Crippen molar-refractivity contribution in [3.8, 4) is 5.75 Å². The minimum absolute atomic E-state index is 0.128. The van der Waals surface area contributed by atoms with Gasteiger partial charge in [-0.15, -0.1) is 0 Å². The molecule has 2 aromatic carbocycles. The highest BCUT2D eigenvalue weighted by Crippen LogP contribution is 2.32. The molecule has 2 aliphatic heterocycles. The molecule has 0 aliphatic carbocycles. The molecule has 4 rings (SSSR count). The van der Waals surface area contributed by atoms with Gasteiger partial charge in [-0.05, 0) is 11.6 Å². The fourth-order valence-electron chi connectivity index (χ4n) is 3.63. The van der Waals surface area contributed by atoms with E-state index in [4.69, 9.17) is 14.2 Å². The normalized spacial score (nSPS) is 25.9. The van der Waals surface area contributed by atoms with Gasteiger partial charge in [0, 0.05) is 31.5 Å². The van der Waals surface area contributed by atoms with Crippen molar-refractivity contribution in [1.29, 1.82) is 0 Å². The maximum atomic E-state index is 11.8. The van der Waals surface area contributed by atoms with Crippen LogP contribution in [0.25, 0.3) is 0 Å². The molecule has 2 aromatic rings. The first-order chi connectivity index (χ1) is 13.3. The summed E-state index contributed by atoms with van der Waals surface area (Å²) in [6, 6.07) is 18.1. The molecule has 0 aromatic heterocycles. The fraction of sp³-hybridized carbons (Fsp3) is 0.409. The Kier molecular flexibility index (Phi) is 5.82. The van der Waals surface area contributed by atoms with Gasteiger partial charge in [0.1, 0.15) is 18.1 Å². The Morgan fingerprint density at radius 1 is 1.00 bits per heavy atom. The first-order valence-electron chi connectivity index (χ1n) is 9.55. The zero-order valence-corrected chi connectivity index (χ0v) is 15.3. The lowest BCUT2D eigenvalue weighted by molar-refractivity contribution is -0.149. The minimum atomic E-state index is -0.168. The molecule has 0 spiro atoms. The molecular formula is C22H25NO4. The van der Waals surface area contributed by atoms with Crippen LogP contribution in [-0.2, 0) is 20.9 Å². The molecule has 5 nitrogen and oxygen atoms in total. The predicted octanol–water partition coefficient (Wildman–Crippen LogP) is 3.04. The van der Waals surface area contributed by atoms with Crippen LogP contribution < -0.4 is 10.1 Å². The highest BCUT2D eigenvalue weighted by atomic mass is 16.6. The summed E-state index contributed by atoms with van der Waals surface area (Å²) in [6.45, 7) is 2.41. The Balaban J connectivity index is 1.45. The van der Waals surface area contributed by atoms with Crippen molar-refractivity contribution < 1.29 is 19.0 Å². The van der Waals surface area contributed by atoms with Gasteiger partial charge >= 0.3 is 0 Å². The molecule has 0 radical (unpaired) electrons. The number of carbonyl (C=O) groups excluding carboxylic acids is 1. The van der Waals surface area contributed by atoms with Crippen LogP contribution in [0.2, 0.25) is 0 Å². The van der Waals surface area contributed by atoms with Gasteiger partial charge in [0.2, 0.25) is 0 Å². The highest BCUT2D eigenvalue weighted by Gasteiger charge is 2.34.